The highest BCUT2D eigenvalue weighted by molar-refractivity contribution is 5.78. The molecule has 1 N–H and O–H groups in total. The minimum atomic E-state index is -0.218. The van der Waals surface area contributed by atoms with Gasteiger partial charge in [-0.05, 0) is 36.2 Å². The van der Waals surface area contributed by atoms with Gasteiger partial charge in [-0.3, -0.25) is 4.79 Å². The first kappa shape index (κ1) is 21.1. The number of carbonyl (C=O) groups is 1. The molecular weight excluding hydrogens is 406 g/mol. The van der Waals surface area contributed by atoms with E-state index >= 15 is 0 Å². The van der Waals surface area contributed by atoms with Crippen LogP contribution in [0.1, 0.15) is 17.0 Å². The van der Waals surface area contributed by atoms with Gasteiger partial charge in [0.1, 0.15) is 11.5 Å². The smallest absolute Gasteiger partial charge is 0.264 e. The van der Waals surface area contributed by atoms with Crippen molar-refractivity contribution >= 4 is 5.91 Å². The van der Waals surface area contributed by atoms with E-state index in [2.05, 4.69) is 15.5 Å². The van der Waals surface area contributed by atoms with E-state index in [-0.39, 0.29) is 19.1 Å². The van der Waals surface area contributed by atoms with Crippen molar-refractivity contribution in [1.29, 1.82) is 0 Å². The third-order valence-electron chi connectivity index (χ3n) is 4.73. The summed E-state index contributed by atoms with van der Waals surface area (Å²) >= 11 is 0. The molecule has 7 heteroatoms. The number of hydrogen-bond donors (Lipinski definition) is 1. The summed E-state index contributed by atoms with van der Waals surface area (Å²) in [6.07, 6.45) is 0. The molecule has 0 aliphatic heterocycles. The second kappa shape index (κ2) is 10.3. The molecular formula is C25H23N3O4. The number of aryl methyl sites for hydroxylation is 1. The first-order chi connectivity index (χ1) is 15.7. The Morgan fingerprint density at radius 1 is 0.906 bits per heavy atom. The molecule has 1 heterocycles. The summed E-state index contributed by atoms with van der Waals surface area (Å²) in [6, 6.07) is 24.7. The third kappa shape index (κ3) is 5.51. The molecule has 0 saturated heterocycles. The fourth-order valence-corrected chi connectivity index (χ4v) is 3.05. The zero-order valence-electron chi connectivity index (χ0n) is 17.7. The topological polar surface area (TPSA) is 86.5 Å². The first-order valence-electron chi connectivity index (χ1n) is 10.2. The highest BCUT2D eigenvalue weighted by Crippen LogP contribution is 2.28. The summed E-state index contributed by atoms with van der Waals surface area (Å²) in [4.78, 5) is 16.6. The van der Waals surface area contributed by atoms with Crippen molar-refractivity contribution in [1.82, 2.24) is 15.5 Å². The van der Waals surface area contributed by atoms with Gasteiger partial charge in [-0.2, -0.15) is 4.98 Å². The lowest BCUT2D eigenvalue weighted by atomic mass is 10.2. The van der Waals surface area contributed by atoms with E-state index in [1.807, 2.05) is 79.7 Å². The molecule has 0 atom stereocenters. The van der Waals surface area contributed by atoms with Gasteiger partial charge in [-0.1, -0.05) is 65.8 Å². The van der Waals surface area contributed by atoms with Gasteiger partial charge in [0.05, 0.1) is 5.56 Å². The number of nitrogens with zero attached hydrogens (tertiary/aromatic N) is 2. The summed E-state index contributed by atoms with van der Waals surface area (Å²) < 4.78 is 16.8. The number of para-hydroxylation sites is 2. The van der Waals surface area contributed by atoms with Crippen LogP contribution in [0, 0.1) is 6.92 Å². The monoisotopic (exact) mass is 429 g/mol. The fourth-order valence-electron chi connectivity index (χ4n) is 3.05. The van der Waals surface area contributed by atoms with E-state index in [1.54, 1.807) is 6.07 Å². The highest BCUT2D eigenvalue weighted by Gasteiger charge is 2.15. The number of hydrogen-bond acceptors (Lipinski definition) is 6. The number of amides is 1. The van der Waals surface area contributed by atoms with Crippen LogP contribution in [0.25, 0.3) is 11.4 Å². The van der Waals surface area contributed by atoms with Crippen molar-refractivity contribution in [3.8, 4) is 22.9 Å². The van der Waals surface area contributed by atoms with Crippen molar-refractivity contribution in [2.75, 3.05) is 6.61 Å². The fraction of sp³-hybridized carbons (Fsp3) is 0.160. The second-order valence-corrected chi connectivity index (χ2v) is 7.11. The molecule has 32 heavy (non-hydrogen) atoms. The van der Waals surface area contributed by atoms with Crippen LogP contribution >= 0.6 is 0 Å². The van der Waals surface area contributed by atoms with Crippen molar-refractivity contribution in [2.24, 2.45) is 0 Å². The van der Waals surface area contributed by atoms with Crippen LogP contribution in [0.15, 0.2) is 83.4 Å². The average Bonchev–Trinajstić information content (AvgIpc) is 3.30. The van der Waals surface area contributed by atoms with Crippen LogP contribution in [0.2, 0.25) is 0 Å². The highest BCUT2D eigenvalue weighted by atomic mass is 16.5. The van der Waals surface area contributed by atoms with E-state index in [1.165, 1.54) is 0 Å². The average molecular weight is 429 g/mol. The van der Waals surface area contributed by atoms with Crippen LogP contribution < -0.4 is 14.8 Å². The van der Waals surface area contributed by atoms with Gasteiger partial charge in [0.25, 0.3) is 11.8 Å². The molecule has 1 amide bonds. The third-order valence-corrected chi connectivity index (χ3v) is 4.73. The Labute approximate surface area is 186 Å². The minimum absolute atomic E-state index is 0.120. The van der Waals surface area contributed by atoms with Crippen molar-refractivity contribution < 1.29 is 18.8 Å². The molecule has 0 saturated carbocycles. The van der Waals surface area contributed by atoms with Crippen molar-refractivity contribution in [3.05, 3.63) is 95.9 Å². The Balaban J connectivity index is 1.36. The molecule has 0 aliphatic rings. The number of benzene rings is 3. The Hall–Kier alpha value is -4.13. The van der Waals surface area contributed by atoms with Crippen LogP contribution in [0.4, 0.5) is 0 Å². The van der Waals surface area contributed by atoms with E-state index in [0.717, 1.165) is 16.9 Å². The lowest BCUT2D eigenvalue weighted by Crippen LogP contribution is -2.28. The molecule has 0 unspecified atom stereocenters. The maximum atomic E-state index is 12.2. The molecule has 0 fully saturated rings. The lowest BCUT2D eigenvalue weighted by molar-refractivity contribution is -0.123. The normalized spacial score (nSPS) is 10.5. The molecule has 4 aromatic rings. The molecule has 7 nitrogen and oxygen atoms in total. The predicted octanol–water partition coefficient (Wildman–Crippen LogP) is 4.32. The zero-order valence-corrected chi connectivity index (χ0v) is 17.7. The minimum Gasteiger partial charge on any atom is -0.483 e. The molecule has 0 bridgehead atoms. The van der Waals surface area contributed by atoms with Crippen molar-refractivity contribution in [2.45, 2.75) is 20.1 Å². The largest absolute Gasteiger partial charge is 0.483 e. The van der Waals surface area contributed by atoms with E-state index < -0.39 is 0 Å². The molecule has 0 radical (unpaired) electrons. The summed E-state index contributed by atoms with van der Waals surface area (Å²) in [5, 5.41) is 6.88. The van der Waals surface area contributed by atoms with Gasteiger partial charge in [0.2, 0.25) is 5.82 Å². The molecule has 0 aliphatic carbocycles. The molecule has 3 aromatic carbocycles. The van der Waals surface area contributed by atoms with Gasteiger partial charge in [-0.25, -0.2) is 0 Å². The molecule has 0 spiro atoms. The molecule has 4 rings (SSSR count). The number of aromatic nitrogens is 2. The molecule has 162 valence electrons. The number of nitrogens with one attached hydrogen (secondary N) is 1. The summed E-state index contributed by atoms with van der Waals surface area (Å²) in [6.45, 7) is 2.45. The van der Waals surface area contributed by atoms with Crippen LogP contribution in [-0.2, 0) is 17.9 Å². The van der Waals surface area contributed by atoms with Gasteiger partial charge < -0.3 is 19.3 Å². The quantitative estimate of drug-likeness (QED) is 0.426. The maximum absolute atomic E-state index is 12.2. The number of ether oxygens (including phenoxy) is 2. The van der Waals surface area contributed by atoms with E-state index in [4.69, 9.17) is 14.0 Å². The first-order valence-corrected chi connectivity index (χ1v) is 10.2. The van der Waals surface area contributed by atoms with Gasteiger partial charge >= 0.3 is 0 Å². The maximum Gasteiger partial charge on any atom is 0.264 e. The summed E-state index contributed by atoms with van der Waals surface area (Å²) in [5.74, 6) is 1.75. The Bertz CT molecular complexity index is 1170. The zero-order chi connectivity index (χ0) is 22.2. The summed E-state index contributed by atoms with van der Waals surface area (Å²) in [7, 11) is 0. The molecule has 1 aromatic heterocycles. The summed E-state index contributed by atoms with van der Waals surface area (Å²) in [5.41, 5.74) is 2.68. The Morgan fingerprint density at radius 3 is 2.44 bits per heavy atom. The number of carbonyl (C=O) groups excluding carboxylic acids is 1. The SMILES string of the molecule is Cc1ccccc1OCc1nc(-c2ccccc2OCC(=O)NCc2ccccc2)no1. The van der Waals surface area contributed by atoms with Crippen LogP contribution in [0.3, 0.4) is 0 Å². The van der Waals surface area contributed by atoms with Crippen LogP contribution in [-0.4, -0.2) is 22.7 Å². The van der Waals surface area contributed by atoms with Crippen molar-refractivity contribution in [3.63, 3.8) is 0 Å². The number of rotatable bonds is 9. The van der Waals surface area contributed by atoms with Gasteiger partial charge in [0, 0.05) is 6.54 Å². The van der Waals surface area contributed by atoms with E-state index in [9.17, 15) is 4.79 Å². The van der Waals surface area contributed by atoms with Crippen LogP contribution in [0.5, 0.6) is 11.5 Å². The predicted molar refractivity (Wildman–Crippen MR) is 119 cm³/mol. The van der Waals surface area contributed by atoms with E-state index in [0.29, 0.717) is 29.6 Å². The Morgan fingerprint density at radius 2 is 1.62 bits per heavy atom. The lowest BCUT2D eigenvalue weighted by Gasteiger charge is -2.10. The van der Waals surface area contributed by atoms with Gasteiger partial charge in [-0.15, -0.1) is 0 Å². The second-order valence-electron chi connectivity index (χ2n) is 7.11. The Kier molecular flexibility index (Phi) is 6.77. The van der Waals surface area contributed by atoms with Gasteiger partial charge in [0.15, 0.2) is 13.2 Å². The standard InChI is InChI=1S/C25H23N3O4/c1-18-9-5-7-13-21(18)31-17-24-27-25(28-32-24)20-12-6-8-14-22(20)30-16-23(29)26-15-19-10-3-2-4-11-19/h2-14H,15-17H2,1H3,(H,26,29).